The van der Waals surface area contributed by atoms with Crippen molar-refractivity contribution in [3.8, 4) is 0 Å². The van der Waals surface area contributed by atoms with E-state index in [1.807, 2.05) is 0 Å². The molecule has 2 N–H and O–H groups in total. The van der Waals surface area contributed by atoms with Crippen LogP contribution in [0.25, 0.3) is 0 Å². The van der Waals surface area contributed by atoms with Gasteiger partial charge in [0.15, 0.2) is 0 Å². The molecule has 0 unspecified atom stereocenters. The number of rotatable bonds is 5. The van der Waals surface area contributed by atoms with Crippen molar-refractivity contribution in [1.82, 2.24) is 5.32 Å². The number of esters is 1. The lowest BCUT2D eigenvalue weighted by molar-refractivity contribution is -0.134. The summed E-state index contributed by atoms with van der Waals surface area (Å²) in [6.45, 7) is 0. The van der Waals surface area contributed by atoms with Crippen LogP contribution in [0.1, 0.15) is 36.0 Å². The van der Waals surface area contributed by atoms with E-state index in [-0.39, 0.29) is 17.9 Å². The van der Waals surface area contributed by atoms with Gasteiger partial charge in [0.05, 0.1) is 12.7 Å². The average molecular weight is 302 g/mol. The molecule has 0 atom stereocenters. The normalized spacial score (nSPS) is 18.2. The van der Waals surface area contributed by atoms with E-state index < -0.39 is 11.4 Å². The Hall–Kier alpha value is -2.37. The Bertz CT molecular complexity index is 616. The quantitative estimate of drug-likeness (QED) is 0.637. The highest BCUT2D eigenvalue weighted by Crippen LogP contribution is 2.47. The van der Waals surface area contributed by atoms with Crippen LogP contribution in [0.3, 0.4) is 0 Å². The first-order valence-electron chi connectivity index (χ1n) is 7.36. The molecular formula is C16H18N2O4. The molecule has 116 valence electrons. The van der Waals surface area contributed by atoms with Crippen LogP contribution >= 0.6 is 0 Å². The van der Waals surface area contributed by atoms with Crippen LogP contribution in [0, 0.1) is 5.41 Å². The maximum absolute atomic E-state index is 12.4. The van der Waals surface area contributed by atoms with Gasteiger partial charge in [-0.3, -0.25) is 9.59 Å². The fourth-order valence-corrected chi connectivity index (χ4v) is 2.29. The van der Waals surface area contributed by atoms with Gasteiger partial charge in [0.25, 0.3) is 0 Å². The van der Waals surface area contributed by atoms with Crippen molar-refractivity contribution in [2.45, 2.75) is 31.7 Å². The molecule has 0 bridgehead atoms. The third kappa shape index (κ3) is 2.81. The van der Waals surface area contributed by atoms with Gasteiger partial charge in [0, 0.05) is 11.7 Å². The Morgan fingerprint density at radius 1 is 1.09 bits per heavy atom. The van der Waals surface area contributed by atoms with Gasteiger partial charge in [-0.2, -0.15) is 0 Å². The van der Waals surface area contributed by atoms with Gasteiger partial charge in [0.2, 0.25) is 11.8 Å². The van der Waals surface area contributed by atoms with E-state index in [4.69, 9.17) is 0 Å². The highest BCUT2D eigenvalue weighted by atomic mass is 16.5. The Morgan fingerprint density at radius 3 is 2.23 bits per heavy atom. The lowest BCUT2D eigenvalue weighted by atomic mass is 10.0. The fraction of sp³-hybridized carbons (Fsp3) is 0.438. The van der Waals surface area contributed by atoms with Crippen LogP contribution in [-0.4, -0.2) is 30.9 Å². The summed E-state index contributed by atoms with van der Waals surface area (Å²) < 4.78 is 4.62. The lowest BCUT2D eigenvalue weighted by Crippen LogP contribution is -2.40. The van der Waals surface area contributed by atoms with E-state index in [1.165, 1.54) is 7.11 Å². The molecule has 2 aliphatic carbocycles. The van der Waals surface area contributed by atoms with Gasteiger partial charge < -0.3 is 15.4 Å². The molecule has 0 heterocycles. The predicted octanol–water partition coefficient (Wildman–Crippen LogP) is 1.47. The number of ether oxygens (including phenoxy) is 1. The van der Waals surface area contributed by atoms with Crippen molar-refractivity contribution in [2.24, 2.45) is 5.41 Å². The molecule has 2 amide bonds. The molecule has 0 spiro atoms. The maximum atomic E-state index is 12.4. The van der Waals surface area contributed by atoms with Crippen molar-refractivity contribution < 1.29 is 19.1 Å². The minimum atomic E-state index is -0.913. The molecular weight excluding hydrogens is 284 g/mol. The summed E-state index contributed by atoms with van der Waals surface area (Å²) in [4.78, 5) is 35.9. The van der Waals surface area contributed by atoms with Crippen LogP contribution in [0.5, 0.6) is 0 Å². The van der Waals surface area contributed by atoms with Crippen LogP contribution in [0.2, 0.25) is 0 Å². The summed E-state index contributed by atoms with van der Waals surface area (Å²) >= 11 is 0. The molecule has 6 heteroatoms. The number of hydrogen-bond acceptors (Lipinski definition) is 4. The molecule has 0 aromatic heterocycles. The molecule has 2 aliphatic rings. The van der Waals surface area contributed by atoms with E-state index >= 15 is 0 Å². The van der Waals surface area contributed by atoms with Crippen molar-refractivity contribution in [3.05, 3.63) is 29.8 Å². The van der Waals surface area contributed by atoms with E-state index in [2.05, 4.69) is 15.4 Å². The topological polar surface area (TPSA) is 84.5 Å². The second-order valence-corrected chi connectivity index (χ2v) is 5.85. The van der Waals surface area contributed by atoms with Crippen molar-refractivity contribution in [3.63, 3.8) is 0 Å². The number of anilines is 1. The number of amides is 2. The highest BCUT2D eigenvalue weighted by molar-refractivity contribution is 6.13. The zero-order valence-corrected chi connectivity index (χ0v) is 12.3. The third-order valence-electron chi connectivity index (χ3n) is 4.10. The first kappa shape index (κ1) is 14.6. The lowest BCUT2D eigenvalue weighted by Gasteiger charge is -2.15. The van der Waals surface area contributed by atoms with Gasteiger partial charge in [-0.1, -0.05) is 0 Å². The Kier molecular flexibility index (Phi) is 3.60. The molecule has 2 fully saturated rings. The Balaban J connectivity index is 1.63. The first-order chi connectivity index (χ1) is 10.5. The molecule has 0 saturated heterocycles. The standard InChI is InChI=1S/C16H18N2O4/c1-22-13(19)10-2-4-11(5-3-10)17-14(20)16(8-9-16)15(21)18-12-6-7-12/h2-5,12H,6-9H2,1H3,(H,17,20)(H,18,21). The number of nitrogens with one attached hydrogen (secondary N) is 2. The molecule has 1 aromatic rings. The number of methoxy groups -OCH3 is 1. The number of carbonyl (C=O) groups excluding carboxylic acids is 3. The summed E-state index contributed by atoms with van der Waals surface area (Å²) in [5, 5.41) is 5.65. The predicted molar refractivity (Wildman–Crippen MR) is 79.2 cm³/mol. The van der Waals surface area contributed by atoms with Gasteiger partial charge >= 0.3 is 5.97 Å². The molecule has 0 aliphatic heterocycles. The van der Waals surface area contributed by atoms with Gasteiger partial charge in [0.1, 0.15) is 5.41 Å². The zero-order valence-electron chi connectivity index (χ0n) is 12.3. The van der Waals surface area contributed by atoms with E-state index in [0.29, 0.717) is 24.1 Å². The van der Waals surface area contributed by atoms with Crippen LogP contribution in [0.4, 0.5) is 5.69 Å². The smallest absolute Gasteiger partial charge is 0.337 e. The SMILES string of the molecule is COC(=O)c1ccc(NC(=O)C2(C(=O)NC3CC3)CC2)cc1. The second-order valence-electron chi connectivity index (χ2n) is 5.85. The highest BCUT2D eigenvalue weighted by Gasteiger charge is 2.57. The van der Waals surface area contributed by atoms with Gasteiger partial charge in [-0.05, 0) is 49.9 Å². The largest absolute Gasteiger partial charge is 0.465 e. The van der Waals surface area contributed by atoms with E-state index in [9.17, 15) is 14.4 Å². The monoisotopic (exact) mass is 302 g/mol. The molecule has 1 aromatic carbocycles. The van der Waals surface area contributed by atoms with E-state index in [1.54, 1.807) is 24.3 Å². The van der Waals surface area contributed by atoms with Crippen molar-refractivity contribution in [1.29, 1.82) is 0 Å². The van der Waals surface area contributed by atoms with Crippen molar-refractivity contribution in [2.75, 3.05) is 12.4 Å². The summed E-state index contributed by atoms with van der Waals surface area (Å²) in [7, 11) is 1.31. The molecule has 3 rings (SSSR count). The molecule has 2 saturated carbocycles. The summed E-state index contributed by atoms with van der Waals surface area (Å²) in [6, 6.07) is 6.64. The van der Waals surface area contributed by atoms with Crippen LogP contribution < -0.4 is 10.6 Å². The van der Waals surface area contributed by atoms with E-state index in [0.717, 1.165) is 12.8 Å². The summed E-state index contributed by atoms with van der Waals surface area (Å²) in [5.41, 5.74) is 0.0557. The summed E-state index contributed by atoms with van der Waals surface area (Å²) in [5.74, 6) is -0.879. The number of benzene rings is 1. The summed E-state index contributed by atoms with van der Waals surface area (Å²) in [6.07, 6.45) is 3.16. The molecule has 0 radical (unpaired) electrons. The maximum Gasteiger partial charge on any atom is 0.337 e. The fourth-order valence-electron chi connectivity index (χ4n) is 2.29. The average Bonchev–Trinajstić information content (AvgIpc) is 3.40. The van der Waals surface area contributed by atoms with Crippen LogP contribution in [-0.2, 0) is 14.3 Å². The van der Waals surface area contributed by atoms with Crippen LogP contribution in [0.15, 0.2) is 24.3 Å². The van der Waals surface area contributed by atoms with Gasteiger partial charge in [-0.15, -0.1) is 0 Å². The molecule has 6 nitrogen and oxygen atoms in total. The Labute approximate surface area is 128 Å². The third-order valence-corrected chi connectivity index (χ3v) is 4.10. The molecule has 22 heavy (non-hydrogen) atoms. The minimum absolute atomic E-state index is 0.168. The first-order valence-corrected chi connectivity index (χ1v) is 7.36. The Morgan fingerprint density at radius 2 is 1.73 bits per heavy atom. The van der Waals surface area contributed by atoms with Crippen molar-refractivity contribution >= 4 is 23.5 Å². The van der Waals surface area contributed by atoms with Gasteiger partial charge in [-0.25, -0.2) is 4.79 Å². The second kappa shape index (κ2) is 5.44. The minimum Gasteiger partial charge on any atom is -0.465 e. The number of hydrogen-bond donors (Lipinski definition) is 2. The number of carbonyl (C=O) groups is 3. The zero-order chi connectivity index (χ0) is 15.7.